The molecule has 154 valence electrons. The molecular weight excluding hydrogens is 358 g/mol. The highest BCUT2D eigenvalue weighted by molar-refractivity contribution is 5.37. The highest BCUT2D eigenvalue weighted by Crippen LogP contribution is 2.23. The molecule has 5 heteroatoms. The van der Waals surface area contributed by atoms with E-state index in [1.54, 1.807) is 0 Å². The third-order valence-electron chi connectivity index (χ3n) is 6.01. The Balaban J connectivity index is 1.39. The van der Waals surface area contributed by atoms with Gasteiger partial charge < -0.3 is 9.88 Å². The van der Waals surface area contributed by atoms with Gasteiger partial charge in [0.25, 0.3) is 0 Å². The van der Waals surface area contributed by atoms with Crippen LogP contribution in [-0.2, 0) is 13.1 Å². The molecule has 0 amide bonds. The first-order valence-corrected chi connectivity index (χ1v) is 10.7. The molecule has 0 bridgehead atoms. The number of aryl methyl sites for hydroxylation is 1. The van der Waals surface area contributed by atoms with Gasteiger partial charge in [-0.1, -0.05) is 30.3 Å². The molecule has 0 aliphatic carbocycles. The summed E-state index contributed by atoms with van der Waals surface area (Å²) in [6, 6.07) is 16.1. The first-order chi connectivity index (χ1) is 14.0. The molecule has 0 saturated carbocycles. The van der Waals surface area contributed by atoms with Crippen LogP contribution >= 0.6 is 0 Å². The average molecular weight is 392 g/mol. The van der Waals surface area contributed by atoms with Crippen molar-refractivity contribution in [2.45, 2.75) is 59.3 Å². The molecule has 1 atom stereocenters. The molecule has 1 aliphatic rings. The van der Waals surface area contributed by atoms with Crippen LogP contribution in [0.25, 0.3) is 5.82 Å². The number of hydrogen-bond donors (Lipinski definition) is 1. The van der Waals surface area contributed by atoms with Crippen LogP contribution in [0.4, 0.5) is 0 Å². The number of aromatic nitrogens is 3. The molecular formula is C24H33N5. The third-order valence-corrected chi connectivity index (χ3v) is 6.01. The lowest BCUT2D eigenvalue weighted by Gasteiger charge is -2.17. The number of benzene rings is 1. The first kappa shape index (κ1) is 19.9. The lowest BCUT2D eigenvalue weighted by Crippen LogP contribution is -2.32. The lowest BCUT2D eigenvalue weighted by atomic mass is 10.2. The van der Waals surface area contributed by atoms with Gasteiger partial charge in [-0.25, -0.2) is 4.68 Å². The average Bonchev–Trinajstić information content (AvgIpc) is 3.41. The van der Waals surface area contributed by atoms with Crippen molar-refractivity contribution in [1.82, 2.24) is 24.6 Å². The van der Waals surface area contributed by atoms with Crippen molar-refractivity contribution in [2.24, 2.45) is 0 Å². The predicted octanol–water partition coefficient (Wildman–Crippen LogP) is 4.24. The minimum Gasteiger partial charge on any atom is -0.309 e. The SMILES string of the molecule is Cc1cc(CNC2CCN(Cc3ccccc3)C2)c(C)n1-c1ccnn1C(C)C. The standard InChI is InChI=1S/C24H33N5/c1-18(2)29-24(10-12-26-29)28-19(3)14-22(20(28)4)15-25-23-11-13-27(17-23)16-21-8-6-5-7-9-21/h5-10,12,14,18,23,25H,11,13,15-17H2,1-4H3. The van der Waals surface area contributed by atoms with Gasteiger partial charge in [0.2, 0.25) is 0 Å². The molecule has 29 heavy (non-hydrogen) atoms. The summed E-state index contributed by atoms with van der Waals surface area (Å²) in [7, 11) is 0. The maximum atomic E-state index is 4.51. The van der Waals surface area contributed by atoms with E-state index in [9.17, 15) is 0 Å². The predicted molar refractivity (Wildman–Crippen MR) is 118 cm³/mol. The summed E-state index contributed by atoms with van der Waals surface area (Å²) in [5, 5.41) is 8.31. The summed E-state index contributed by atoms with van der Waals surface area (Å²) in [4.78, 5) is 2.55. The largest absolute Gasteiger partial charge is 0.309 e. The molecule has 2 aromatic heterocycles. The van der Waals surface area contributed by atoms with E-state index in [0.717, 1.165) is 25.5 Å². The van der Waals surface area contributed by atoms with E-state index in [4.69, 9.17) is 0 Å². The Bertz CT molecular complexity index is 938. The summed E-state index contributed by atoms with van der Waals surface area (Å²) < 4.78 is 4.43. The van der Waals surface area contributed by atoms with Crippen LogP contribution in [0.3, 0.4) is 0 Å². The number of hydrogen-bond acceptors (Lipinski definition) is 3. The smallest absolute Gasteiger partial charge is 0.135 e. The maximum Gasteiger partial charge on any atom is 0.135 e. The normalized spacial score (nSPS) is 17.5. The Morgan fingerprint density at radius 1 is 1.14 bits per heavy atom. The van der Waals surface area contributed by atoms with Crippen molar-refractivity contribution in [3.05, 3.63) is 71.2 Å². The maximum absolute atomic E-state index is 4.51. The zero-order chi connectivity index (χ0) is 20.4. The molecule has 4 rings (SSSR count). The highest BCUT2D eigenvalue weighted by Gasteiger charge is 2.23. The topological polar surface area (TPSA) is 38.0 Å². The van der Waals surface area contributed by atoms with Gasteiger partial charge in [0, 0.05) is 55.7 Å². The van der Waals surface area contributed by atoms with Crippen LogP contribution in [0.5, 0.6) is 0 Å². The van der Waals surface area contributed by atoms with Gasteiger partial charge in [-0.15, -0.1) is 0 Å². The minimum absolute atomic E-state index is 0.344. The van der Waals surface area contributed by atoms with Gasteiger partial charge in [0.1, 0.15) is 5.82 Å². The Labute approximate surface area is 174 Å². The first-order valence-electron chi connectivity index (χ1n) is 10.7. The number of nitrogens with zero attached hydrogens (tertiary/aromatic N) is 4. The van der Waals surface area contributed by atoms with Crippen LogP contribution in [0, 0.1) is 13.8 Å². The van der Waals surface area contributed by atoms with E-state index < -0.39 is 0 Å². The van der Waals surface area contributed by atoms with Gasteiger partial charge >= 0.3 is 0 Å². The molecule has 1 unspecified atom stereocenters. The van der Waals surface area contributed by atoms with Crippen LogP contribution < -0.4 is 5.32 Å². The van der Waals surface area contributed by atoms with Gasteiger partial charge in [-0.2, -0.15) is 5.10 Å². The molecule has 0 radical (unpaired) electrons. The Morgan fingerprint density at radius 3 is 2.69 bits per heavy atom. The molecule has 5 nitrogen and oxygen atoms in total. The molecule has 1 aromatic carbocycles. The van der Waals surface area contributed by atoms with Crippen molar-refractivity contribution >= 4 is 0 Å². The Morgan fingerprint density at radius 2 is 1.93 bits per heavy atom. The van der Waals surface area contributed by atoms with Crippen LogP contribution in [0.15, 0.2) is 48.7 Å². The second-order valence-electron chi connectivity index (χ2n) is 8.55. The highest BCUT2D eigenvalue weighted by atomic mass is 15.3. The molecule has 3 aromatic rings. The number of rotatable bonds is 7. The van der Waals surface area contributed by atoms with Gasteiger partial charge in [-0.3, -0.25) is 4.90 Å². The molecule has 0 spiro atoms. The monoisotopic (exact) mass is 391 g/mol. The quantitative estimate of drug-likeness (QED) is 0.655. The van der Waals surface area contributed by atoms with Gasteiger partial charge in [0.05, 0.1) is 6.20 Å². The molecule has 3 heterocycles. The Kier molecular flexibility index (Phi) is 5.88. The summed E-state index contributed by atoms with van der Waals surface area (Å²) in [5.74, 6) is 1.15. The summed E-state index contributed by atoms with van der Waals surface area (Å²) in [5.41, 5.74) is 5.34. The molecule has 1 N–H and O–H groups in total. The third kappa shape index (κ3) is 4.31. The van der Waals surface area contributed by atoms with Crippen LogP contribution in [0.1, 0.15) is 48.8 Å². The number of nitrogens with one attached hydrogen (secondary N) is 1. The van der Waals surface area contributed by atoms with Crippen LogP contribution in [0.2, 0.25) is 0 Å². The zero-order valence-electron chi connectivity index (χ0n) is 18.1. The molecule has 1 aliphatic heterocycles. The van der Waals surface area contributed by atoms with Crippen LogP contribution in [-0.4, -0.2) is 38.4 Å². The van der Waals surface area contributed by atoms with Crippen molar-refractivity contribution in [1.29, 1.82) is 0 Å². The van der Waals surface area contributed by atoms with Gasteiger partial charge in [-0.05, 0) is 51.3 Å². The van der Waals surface area contributed by atoms with Crippen molar-refractivity contribution < 1.29 is 0 Å². The molecule has 1 fully saturated rings. The van der Waals surface area contributed by atoms with E-state index in [2.05, 4.69) is 94.7 Å². The summed E-state index contributed by atoms with van der Waals surface area (Å²) >= 11 is 0. The van der Waals surface area contributed by atoms with E-state index >= 15 is 0 Å². The second kappa shape index (κ2) is 8.56. The summed E-state index contributed by atoms with van der Waals surface area (Å²) in [6.45, 7) is 13.0. The fraction of sp³-hybridized carbons (Fsp3) is 0.458. The van der Waals surface area contributed by atoms with Crippen molar-refractivity contribution in [2.75, 3.05) is 13.1 Å². The summed E-state index contributed by atoms with van der Waals surface area (Å²) in [6.07, 6.45) is 3.11. The van der Waals surface area contributed by atoms with E-state index in [0.29, 0.717) is 12.1 Å². The van der Waals surface area contributed by atoms with E-state index in [-0.39, 0.29) is 0 Å². The van der Waals surface area contributed by atoms with Crippen molar-refractivity contribution in [3.8, 4) is 5.82 Å². The number of likely N-dealkylation sites (tertiary alicyclic amines) is 1. The van der Waals surface area contributed by atoms with Gasteiger partial charge in [0.15, 0.2) is 0 Å². The second-order valence-corrected chi connectivity index (χ2v) is 8.55. The lowest BCUT2D eigenvalue weighted by molar-refractivity contribution is 0.320. The van der Waals surface area contributed by atoms with E-state index in [1.165, 1.54) is 35.5 Å². The fourth-order valence-electron chi connectivity index (χ4n) is 4.48. The fourth-order valence-corrected chi connectivity index (χ4v) is 4.48. The minimum atomic E-state index is 0.344. The van der Waals surface area contributed by atoms with E-state index in [1.807, 2.05) is 6.20 Å². The van der Waals surface area contributed by atoms with Crippen molar-refractivity contribution in [3.63, 3.8) is 0 Å². The Hall–Kier alpha value is -2.37. The molecule has 1 saturated heterocycles. The zero-order valence-corrected chi connectivity index (χ0v) is 18.1.